The molecular formula is C19H17ClN4O3. The second-order valence-electron chi connectivity index (χ2n) is 6.18. The average Bonchev–Trinajstić information content (AvgIpc) is 3.09. The summed E-state index contributed by atoms with van der Waals surface area (Å²) in [6.07, 6.45) is 0.135. The van der Waals surface area contributed by atoms with E-state index in [-0.39, 0.29) is 11.7 Å². The predicted octanol–water partition coefficient (Wildman–Crippen LogP) is 3.19. The van der Waals surface area contributed by atoms with E-state index in [4.69, 9.17) is 16.3 Å². The van der Waals surface area contributed by atoms with Gasteiger partial charge in [0.05, 0.1) is 6.54 Å². The molecule has 1 amide bonds. The summed E-state index contributed by atoms with van der Waals surface area (Å²) in [5.74, 6) is 1.17. The van der Waals surface area contributed by atoms with Crippen molar-refractivity contribution in [2.75, 3.05) is 29.9 Å². The van der Waals surface area contributed by atoms with E-state index in [0.29, 0.717) is 48.3 Å². The van der Waals surface area contributed by atoms with Crippen molar-refractivity contribution in [1.82, 2.24) is 9.97 Å². The third-order valence-electron chi connectivity index (χ3n) is 4.36. The number of halogens is 1. The fourth-order valence-corrected chi connectivity index (χ4v) is 3.19. The second kappa shape index (κ2) is 7.28. The van der Waals surface area contributed by atoms with Gasteiger partial charge in [0.25, 0.3) is 5.56 Å². The van der Waals surface area contributed by atoms with E-state index in [1.165, 1.54) is 4.90 Å². The highest BCUT2D eigenvalue weighted by Crippen LogP contribution is 2.19. The van der Waals surface area contributed by atoms with Gasteiger partial charge in [0.15, 0.2) is 0 Å². The number of fused-ring (bicyclic) bond motifs is 1. The van der Waals surface area contributed by atoms with Crippen LogP contribution in [0.4, 0.5) is 16.4 Å². The smallest absolute Gasteiger partial charge is 0.415 e. The lowest BCUT2D eigenvalue weighted by Gasteiger charge is -2.13. The van der Waals surface area contributed by atoms with E-state index in [1.54, 1.807) is 18.2 Å². The number of aromatic amines is 1. The van der Waals surface area contributed by atoms with Crippen molar-refractivity contribution < 1.29 is 9.53 Å². The standard InChI is InChI=1S/C19H17ClN4O3/c20-14-4-5-15-13(11-14)10-12(18(25)22-15)6-7-21-16-2-1-3-17(23-16)24-8-9-27-19(24)26/h1-5,10-11H,6-9H2,(H,21,23)(H,22,25). The van der Waals surface area contributed by atoms with Crippen LogP contribution in [0, 0.1) is 0 Å². The van der Waals surface area contributed by atoms with Crippen LogP contribution in [0.3, 0.4) is 0 Å². The molecule has 1 aliphatic heterocycles. The lowest BCUT2D eigenvalue weighted by Crippen LogP contribution is -2.24. The van der Waals surface area contributed by atoms with Gasteiger partial charge in [0, 0.05) is 22.6 Å². The van der Waals surface area contributed by atoms with Gasteiger partial charge in [-0.25, -0.2) is 9.78 Å². The summed E-state index contributed by atoms with van der Waals surface area (Å²) in [6.45, 7) is 1.38. The molecule has 2 N–H and O–H groups in total. The maximum atomic E-state index is 12.2. The number of nitrogens with zero attached hydrogens (tertiary/aromatic N) is 2. The molecule has 2 aromatic heterocycles. The van der Waals surface area contributed by atoms with Crippen LogP contribution >= 0.6 is 11.6 Å². The monoisotopic (exact) mass is 384 g/mol. The third kappa shape index (κ3) is 3.73. The van der Waals surface area contributed by atoms with Gasteiger partial charge >= 0.3 is 6.09 Å². The number of hydrogen-bond donors (Lipinski definition) is 2. The first kappa shape index (κ1) is 17.4. The van der Waals surface area contributed by atoms with Gasteiger partial charge in [-0.3, -0.25) is 9.69 Å². The summed E-state index contributed by atoms with van der Waals surface area (Å²) in [7, 11) is 0. The largest absolute Gasteiger partial charge is 0.447 e. The number of amides is 1. The topological polar surface area (TPSA) is 87.3 Å². The zero-order chi connectivity index (χ0) is 18.8. The quantitative estimate of drug-likeness (QED) is 0.705. The van der Waals surface area contributed by atoms with E-state index in [2.05, 4.69) is 15.3 Å². The first-order valence-corrected chi connectivity index (χ1v) is 8.95. The summed E-state index contributed by atoms with van der Waals surface area (Å²) in [6, 6.07) is 12.6. The number of pyridine rings is 2. The number of carbonyl (C=O) groups excluding carboxylic acids is 1. The van der Waals surface area contributed by atoms with Crippen LogP contribution in [0.15, 0.2) is 47.3 Å². The molecule has 138 valence electrons. The molecule has 7 nitrogen and oxygen atoms in total. The lowest BCUT2D eigenvalue weighted by atomic mass is 10.1. The number of rotatable bonds is 5. The van der Waals surface area contributed by atoms with Gasteiger partial charge in [0.1, 0.15) is 18.2 Å². The number of aromatic nitrogens is 2. The number of ether oxygens (including phenoxy) is 1. The van der Waals surface area contributed by atoms with Crippen molar-refractivity contribution in [3.8, 4) is 0 Å². The van der Waals surface area contributed by atoms with Gasteiger partial charge in [0.2, 0.25) is 0 Å². The lowest BCUT2D eigenvalue weighted by molar-refractivity contribution is 0.181. The molecule has 0 unspecified atom stereocenters. The SMILES string of the molecule is O=C1OCCN1c1cccc(NCCc2cc3cc(Cl)ccc3[nH]c2=O)n1. The Morgan fingerprint density at radius 2 is 2.11 bits per heavy atom. The van der Waals surface area contributed by atoms with Gasteiger partial charge in [-0.05, 0) is 48.2 Å². The molecule has 1 fully saturated rings. The summed E-state index contributed by atoms with van der Waals surface area (Å²) >= 11 is 6.02. The molecule has 0 saturated carbocycles. The number of carbonyl (C=O) groups is 1. The molecule has 0 spiro atoms. The highest BCUT2D eigenvalue weighted by molar-refractivity contribution is 6.31. The Morgan fingerprint density at radius 3 is 2.93 bits per heavy atom. The number of H-pyrrole nitrogens is 1. The zero-order valence-electron chi connectivity index (χ0n) is 14.4. The highest BCUT2D eigenvalue weighted by Gasteiger charge is 2.24. The Balaban J connectivity index is 1.45. The van der Waals surface area contributed by atoms with Crippen LogP contribution in [0.1, 0.15) is 5.56 Å². The molecule has 3 aromatic rings. The minimum Gasteiger partial charge on any atom is -0.447 e. The fraction of sp³-hybridized carbons (Fsp3) is 0.211. The molecule has 0 radical (unpaired) electrons. The first-order valence-electron chi connectivity index (χ1n) is 8.57. The summed E-state index contributed by atoms with van der Waals surface area (Å²) in [5, 5.41) is 4.71. The molecule has 0 aliphatic carbocycles. The Bertz CT molecular complexity index is 1070. The molecule has 3 heterocycles. The number of nitrogens with one attached hydrogen (secondary N) is 2. The molecule has 0 bridgehead atoms. The van der Waals surface area contributed by atoms with Crippen molar-refractivity contribution in [3.05, 3.63) is 63.4 Å². The van der Waals surface area contributed by atoms with Crippen molar-refractivity contribution in [2.24, 2.45) is 0 Å². The third-order valence-corrected chi connectivity index (χ3v) is 4.59. The van der Waals surface area contributed by atoms with Crippen LogP contribution in [0.5, 0.6) is 0 Å². The summed E-state index contributed by atoms with van der Waals surface area (Å²) in [4.78, 5) is 32.7. The summed E-state index contributed by atoms with van der Waals surface area (Å²) < 4.78 is 4.93. The van der Waals surface area contributed by atoms with Crippen LogP contribution in [0.2, 0.25) is 5.02 Å². The number of cyclic esters (lactones) is 1. The molecule has 1 aromatic carbocycles. The average molecular weight is 385 g/mol. The van der Waals surface area contributed by atoms with Crippen molar-refractivity contribution in [2.45, 2.75) is 6.42 Å². The molecule has 8 heteroatoms. The Morgan fingerprint density at radius 1 is 1.22 bits per heavy atom. The maximum Gasteiger partial charge on any atom is 0.415 e. The minimum atomic E-state index is -0.388. The van der Waals surface area contributed by atoms with E-state index >= 15 is 0 Å². The first-order chi connectivity index (χ1) is 13.1. The molecule has 1 saturated heterocycles. The maximum absolute atomic E-state index is 12.2. The number of anilines is 2. The molecule has 27 heavy (non-hydrogen) atoms. The van der Waals surface area contributed by atoms with Gasteiger partial charge in [-0.1, -0.05) is 17.7 Å². The molecule has 1 aliphatic rings. The van der Waals surface area contributed by atoms with E-state index in [0.717, 1.165) is 10.9 Å². The Labute approximate surface area is 159 Å². The molecule has 4 rings (SSSR count). The van der Waals surface area contributed by atoms with Crippen LogP contribution in [0.25, 0.3) is 10.9 Å². The van der Waals surface area contributed by atoms with Crippen molar-refractivity contribution in [1.29, 1.82) is 0 Å². The van der Waals surface area contributed by atoms with Gasteiger partial charge in [-0.2, -0.15) is 0 Å². The number of hydrogen-bond acceptors (Lipinski definition) is 5. The normalized spacial score (nSPS) is 13.8. The highest BCUT2D eigenvalue weighted by atomic mass is 35.5. The summed E-state index contributed by atoms with van der Waals surface area (Å²) in [5.41, 5.74) is 1.30. The van der Waals surface area contributed by atoms with E-state index < -0.39 is 0 Å². The Kier molecular flexibility index (Phi) is 4.68. The Hall–Kier alpha value is -3.06. The minimum absolute atomic E-state index is 0.117. The van der Waals surface area contributed by atoms with Gasteiger partial charge < -0.3 is 15.0 Å². The zero-order valence-corrected chi connectivity index (χ0v) is 15.1. The van der Waals surface area contributed by atoms with Crippen LogP contribution in [-0.2, 0) is 11.2 Å². The van der Waals surface area contributed by atoms with E-state index in [1.807, 2.05) is 24.3 Å². The second-order valence-corrected chi connectivity index (χ2v) is 6.62. The van der Waals surface area contributed by atoms with E-state index in [9.17, 15) is 9.59 Å². The number of benzene rings is 1. The van der Waals surface area contributed by atoms with Crippen LogP contribution < -0.4 is 15.8 Å². The predicted molar refractivity (Wildman–Crippen MR) is 105 cm³/mol. The fourth-order valence-electron chi connectivity index (χ4n) is 3.01. The molecule has 0 atom stereocenters. The molecular weight excluding hydrogens is 368 g/mol. The van der Waals surface area contributed by atoms with Gasteiger partial charge in [-0.15, -0.1) is 0 Å². The van der Waals surface area contributed by atoms with Crippen molar-refractivity contribution in [3.63, 3.8) is 0 Å². The van der Waals surface area contributed by atoms with Crippen molar-refractivity contribution >= 4 is 40.2 Å². The van der Waals surface area contributed by atoms with Crippen LogP contribution in [-0.4, -0.2) is 35.8 Å².